The molecule has 0 aliphatic carbocycles. The predicted molar refractivity (Wildman–Crippen MR) is 76.7 cm³/mol. The van der Waals surface area contributed by atoms with E-state index in [9.17, 15) is 18.0 Å². The lowest BCUT2D eigenvalue weighted by atomic mass is 10.1. The molecular weight excluding hydrogens is 295 g/mol. The Kier molecular flexibility index (Phi) is 4.49. The van der Waals surface area contributed by atoms with Crippen molar-refractivity contribution in [2.24, 2.45) is 4.99 Å². The third kappa shape index (κ3) is 3.63. The number of benzene rings is 1. The van der Waals surface area contributed by atoms with E-state index in [2.05, 4.69) is 4.99 Å². The maximum absolute atomic E-state index is 13.2. The minimum Gasteiger partial charge on any atom is -0.461 e. The van der Waals surface area contributed by atoms with Gasteiger partial charge in [-0.2, -0.15) is 13.2 Å². The highest BCUT2D eigenvalue weighted by Gasteiger charge is 2.37. The van der Waals surface area contributed by atoms with Gasteiger partial charge in [0.25, 0.3) is 0 Å². The minimum atomic E-state index is -4.68. The largest absolute Gasteiger partial charge is 0.461 e. The van der Waals surface area contributed by atoms with Crippen LogP contribution in [0.5, 0.6) is 0 Å². The predicted octanol–water partition coefficient (Wildman–Crippen LogP) is 4.80. The van der Waals surface area contributed by atoms with Gasteiger partial charge < -0.3 is 4.42 Å². The summed E-state index contributed by atoms with van der Waals surface area (Å²) in [4.78, 5) is 15.6. The molecule has 22 heavy (non-hydrogen) atoms. The quantitative estimate of drug-likeness (QED) is 0.601. The number of para-hydroxylation sites is 1. The molecule has 0 amide bonds. The van der Waals surface area contributed by atoms with E-state index in [1.54, 1.807) is 32.0 Å². The van der Waals surface area contributed by atoms with Crippen LogP contribution in [-0.4, -0.2) is 17.7 Å². The number of hydrogen-bond donors (Lipinski definition) is 0. The molecule has 1 aromatic carbocycles. The lowest BCUT2D eigenvalue weighted by molar-refractivity contribution is -0.0601. The zero-order valence-electron chi connectivity index (χ0n) is 12.1. The molecule has 1 heterocycles. The van der Waals surface area contributed by atoms with Gasteiger partial charge in [0.2, 0.25) is 5.78 Å². The first-order valence-corrected chi connectivity index (χ1v) is 6.56. The Labute approximate surface area is 125 Å². The van der Waals surface area contributed by atoms with E-state index in [0.717, 1.165) is 0 Å². The van der Waals surface area contributed by atoms with Crippen LogP contribution in [0, 0.1) is 13.8 Å². The molecule has 6 heteroatoms. The summed E-state index contributed by atoms with van der Waals surface area (Å²) in [7, 11) is 0. The fraction of sp³-hybridized carbons (Fsp3) is 0.250. The second-order valence-corrected chi connectivity index (χ2v) is 4.87. The fourth-order valence-corrected chi connectivity index (χ4v) is 2.00. The summed E-state index contributed by atoms with van der Waals surface area (Å²) in [5.74, 6) is -0.870. The van der Waals surface area contributed by atoms with Crippen molar-refractivity contribution in [3.63, 3.8) is 0 Å². The van der Waals surface area contributed by atoms with Crippen LogP contribution < -0.4 is 0 Å². The molecule has 1 aromatic heterocycles. The van der Waals surface area contributed by atoms with Crippen molar-refractivity contribution in [1.82, 2.24) is 0 Å². The monoisotopic (exact) mass is 309 g/mol. The number of alkyl halides is 3. The first kappa shape index (κ1) is 16.0. The van der Waals surface area contributed by atoms with Gasteiger partial charge in [0.1, 0.15) is 5.71 Å². The Morgan fingerprint density at radius 3 is 2.27 bits per heavy atom. The summed E-state index contributed by atoms with van der Waals surface area (Å²) in [6.07, 6.45) is -4.30. The number of nitrogens with zero attached hydrogens (tertiary/aromatic N) is 1. The second kappa shape index (κ2) is 6.17. The molecule has 0 bridgehead atoms. The zero-order chi connectivity index (χ0) is 16.3. The molecule has 0 N–H and O–H groups in total. The van der Waals surface area contributed by atoms with Crippen LogP contribution in [0.3, 0.4) is 0 Å². The van der Waals surface area contributed by atoms with Crippen LogP contribution in [0.1, 0.15) is 28.1 Å². The van der Waals surface area contributed by atoms with Gasteiger partial charge in [-0.25, -0.2) is 4.99 Å². The normalized spacial score (nSPS) is 12.5. The van der Waals surface area contributed by atoms with E-state index in [1.165, 1.54) is 18.4 Å². The van der Waals surface area contributed by atoms with Crippen LogP contribution in [0.15, 0.2) is 46.0 Å². The topological polar surface area (TPSA) is 42.6 Å². The molecule has 0 saturated carbocycles. The molecule has 0 aliphatic rings. The molecule has 0 atom stereocenters. The van der Waals surface area contributed by atoms with Crippen LogP contribution in [0.4, 0.5) is 18.9 Å². The van der Waals surface area contributed by atoms with E-state index >= 15 is 0 Å². The smallest absolute Gasteiger partial charge is 0.429 e. The van der Waals surface area contributed by atoms with Gasteiger partial charge in [-0.05, 0) is 37.1 Å². The summed E-state index contributed by atoms with van der Waals surface area (Å²) in [6, 6.07) is 7.87. The highest BCUT2D eigenvalue weighted by atomic mass is 19.4. The molecule has 0 unspecified atom stereocenters. The van der Waals surface area contributed by atoms with E-state index < -0.39 is 24.1 Å². The first-order valence-electron chi connectivity index (χ1n) is 6.56. The molecule has 116 valence electrons. The molecule has 2 aromatic rings. The van der Waals surface area contributed by atoms with Crippen molar-refractivity contribution in [1.29, 1.82) is 0 Å². The van der Waals surface area contributed by atoms with Gasteiger partial charge in [0, 0.05) is 0 Å². The Morgan fingerprint density at radius 2 is 1.77 bits per heavy atom. The lowest BCUT2D eigenvalue weighted by Gasteiger charge is -2.12. The van der Waals surface area contributed by atoms with Gasteiger partial charge in [-0.1, -0.05) is 18.2 Å². The van der Waals surface area contributed by atoms with E-state index in [1.807, 2.05) is 0 Å². The summed E-state index contributed by atoms with van der Waals surface area (Å²) >= 11 is 0. The SMILES string of the molecule is Cc1cccc(C)c1/N=C(\CC(=O)c1ccco1)C(F)(F)F. The molecule has 0 aliphatic heterocycles. The fourth-order valence-electron chi connectivity index (χ4n) is 2.00. The molecule has 0 radical (unpaired) electrons. The van der Waals surface area contributed by atoms with Gasteiger partial charge in [0.05, 0.1) is 18.4 Å². The third-order valence-electron chi connectivity index (χ3n) is 3.14. The molecule has 2 rings (SSSR count). The number of aliphatic imine (C=N–C) groups is 1. The average molecular weight is 309 g/mol. The molecular formula is C16H14F3NO2. The van der Waals surface area contributed by atoms with Crippen LogP contribution in [-0.2, 0) is 0 Å². The van der Waals surface area contributed by atoms with Crippen LogP contribution >= 0.6 is 0 Å². The van der Waals surface area contributed by atoms with Crippen LogP contribution in [0.2, 0.25) is 0 Å². The minimum absolute atomic E-state index is 0.113. The maximum Gasteiger partial charge on any atom is 0.429 e. The van der Waals surface area contributed by atoms with Crippen molar-refractivity contribution in [2.45, 2.75) is 26.4 Å². The highest BCUT2D eigenvalue weighted by molar-refractivity contribution is 6.11. The Balaban J connectivity index is 2.39. The number of carbonyl (C=O) groups excluding carboxylic acids is 1. The third-order valence-corrected chi connectivity index (χ3v) is 3.14. The Bertz CT molecular complexity index is 680. The van der Waals surface area contributed by atoms with Gasteiger partial charge in [-0.15, -0.1) is 0 Å². The summed E-state index contributed by atoms with van der Waals surface area (Å²) in [6.45, 7) is 3.35. The highest BCUT2D eigenvalue weighted by Crippen LogP contribution is 2.28. The van der Waals surface area contributed by atoms with E-state index in [0.29, 0.717) is 11.1 Å². The summed E-state index contributed by atoms with van der Waals surface area (Å²) < 4.78 is 44.3. The van der Waals surface area contributed by atoms with Gasteiger partial charge in [0.15, 0.2) is 5.76 Å². The van der Waals surface area contributed by atoms with Crippen LogP contribution in [0.25, 0.3) is 0 Å². The molecule has 0 spiro atoms. The second-order valence-electron chi connectivity index (χ2n) is 4.87. The molecule has 0 saturated heterocycles. The number of furan rings is 1. The number of ketones is 1. The summed E-state index contributed by atoms with van der Waals surface area (Å²) in [5.41, 5.74) is 0.341. The van der Waals surface area contributed by atoms with E-state index in [4.69, 9.17) is 4.42 Å². The van der Waals surface area contributed by atoms with Crippen molar-refractivity contribution in [2.75, 3.05) is 0 Å². The van der Waals surface area contributed by atoms with Crippen molar-refractivity contribution >= 4 is 17.2 Å². The van der Waals surface area contributed by atoms with E-state index in [-0.39, 0.29) is 11.4 Å². The van der Waals surface area contributed by atoms with Crippen molar-refractivity contribution in [3.05, 3.63) is 53.5 Å². The lowest BCUT2D eigenvalue weighted by Crippen LogP contribution is -2.25. The number of halogens is 3. The first-order chi connectivity index (χ1) is 10.3. The number of Topliss-reactive ketones (excluding diaryl/α,β-unsaturated/α-hetero) is 1. The molecule has 0 fully saturated rings. The van der Waals surface area contributed by atoms with Crippen molar-refractivity contribution in [3.8, 4) is 0 Å². The maximum atomic E-state index is 13.2. The Morgan fingerprint density at radius 1 is 1.14 bits per heavy atom. The van der Waals surface area contributed by atoms with Gasteiger partial charge in [-0.3, -0.25) is 4.79 Å². The number of aryl methyl sites for hydroxylation is 2. The average Bonchev–Trinajstić information content (AvgIpc) is 2.94. The number of hydrogen-bond acceptors (Lipinski definition) is 3. The standard InChI is InChI=1S/C16H14F3NO2/c1-10-5-3-6-11(2)15(10)20-14(16(17,18)19)9-12(21)13-7-4-8-22-13/h3-8H,9H2,1-2H3/b20-14+. The zero-order valence-corrected chi connectivity index (χ0v) is 12.1. The van der Waals surface area contributed by atoms with Crippen molar-refractivity contribution < 1.29 is 22.4 Å². The Hall–Kier alpha value is -2.37. The number of carbonyl (C=O) groups is 1. The van der Waals surface area contributed by atoms with Gasteiger partial charge >= 0.3 is 6.18 Å². The number of rotatable bonds is 4. The molecule has 3 nitrogen and oxygen atoms in total. The summed E-state index contributed by atoms with van der Waals surface area (Å²) in [5, 5.41) is 0.